The van der Waals surface area contributed by atoms with Crippen LogP contribution in [0.1, 0.15) is 38.2 Å². The largest absolute Gasteiger partial charge is 0.298 e. The summed E-state index contributed by atoms with van der Waals surface area (Å²) in [4.78, 5) is 17.3. The number of carbonyl (C=O) groups excluding carboxylic acids is 1. The molecule has 0 radical (unpaired) electrons. The average molecular weight is 391 g/mol. The van der Waals surface area contributed by atoms with E-state index < -0.39 is 9.84 Å². The summed E-state index contributed by atoms with van der Waals surface area (Å²) in [5, 5.41) is 5.23. The van der Waals surface area contributed by atoms with E-state index in [1.54, 1.807) is 30.5 Å². The third-order valence-electron chi connectivity index (χ3n) is 4.81. The fraction of sp³-hybridized carbons (Fsp3) is 0.368. The standard InChI is InChI=1S/C19H22N2O3S2/c1-13(14-5-3-4-6-14)17(18(22)21-19-20-11-12-25-19)15-7-9-16(10-8-15)26(2,23)24/h7-12,14H,3-6H2,1-2H3,(H,20,21,22)/b17-13+. The van der Waals surface area contributed by atoms with Crippen molar-refractivity contribution in [1.29, 1.82) is 0 Å². The van der Waals surface area contributed by atoms with E-state index in [2.05, 4.69) is 10.3 Å². The number of anilines is 1. The Morgan fingerprint density at radius 3 is 2.38 bits per heavy atom. The van der Waals surface area contributed by atoms with E-state index in [1.165, 1.54) is 30.4 Å². The van der Waals surface area contributed by atoms with Crippen LogP contribution in [-0.4, -0.2) is 25.6 Å². The number of nitrogens with zero attached hydrogens (tertiary/aromatic N) is 1. The molecule has 0 aliphatic heterocycles. The van der Waals surface area contributed by atoms with Crippen LogP contribution < -0.4 is 5.32 Å². The molecule has 0 atom stereocenters. The first-order valence-corrected chi connectivity index (χ1v) is 11.4. The molecule has 1 aliphatic rings. The van der Waals surface area contributed by atoms with Gasteiger partial charge in [0.2, 0.25) is 0 Å². The highest BCUT2D eigenvalue weighted by atomic mass is 32.2. The van der Waals surface area contributed by atoms with E-state index in [0.717, 1.165) is 24.0 Å². The molecule has 1 amide bonds. The summed E-state index contributed by atoms with van der Waals surface area (Å²) in [7, 11) is -3.27. The number of nitrogens with one attached hydrogen (secondary N) is 1. The Morgan fingerprint density at radius 2 is 1.85 bits per heavy atom. The van der Waals surface area contributed by atoms with Gasteiger partial charge in [0.1, 0.15) is 0 Å². The van der Waals surface area contributed by atoms with E-state index in [1.807, 2.05) is 12.3 Å². The lowest BCUT2D eigenvalue weighted by molar-refractivity contribution is -0.111. The number of benzene rings is 1. The minimum Gasteiger partial charge on any atom is -0.298 e. The molecule has 0 saturated heterocycles. The van der Waals surface area contributed by atoms with E-state index in [9.17, 15) is 13.2 Å². The van der Waals surface area contributed by atoms with Gasteiger partial charge in [0, 0.05) is 23.4 Å². The molecule has 1 aliphatic carbocycles. The number of hydrogen-bond acceptors (Lipinski definition) is 5. The second kappa shape index (κ2) is 7.72. The molecule has 1 heterocycles. The molecule has 26 heavy (non-hydrogen) atoms. The first kappa shape index (κ1) is 18.8. The van der Waals surface area contributed by atoms with Gasteiger partial charge in [0.05, 0.1) is 4.90 Å². The molecule has 1 aromatic carbocycles. The normalized spacial score (nSPS) is 16.4. The molecule has 0 unspecified atom stereocenters. The van der Waals surface area contributed by atoms with Crippen LogP contribution in [-0.2, 0) is 14.6 Å². The van der Waals surface area contributed by atoms with Crippen LogP contribution in [0.25, 0.3) is 5.57 Å². The van der Waals surface area contributed by atoms with Gasteiger partial charge in [-0.2, -0.15) is 0 Å². The van der Waals surface area contributed by atoms with Crippen molar-refractivity contribution >= 4 is 37.8 Å². The molecule has 1 aromatic heterocycles. The number of thiazole rings is 1. The fourth-order valence-corrected chi connectivity index (χ4v) is 4.57. The molecule has 2 aromatic rings. The number of rotatable bonds is 5. The molecular formula is C19H22N2O3S2. The van der Waals surface area contributed by atoms with Gasteiger partial charge in [0.25, 0.3) is 5.91 Å². The van der Waals surface area contributed by atoms with Gasteiger partial charge in [0.15, 0.2) is 15.0 Å². The van der Waals surface area contributed by atoms with Gasteiger partial charge >= 0.3 is 0 Å². The second-order valence-electron chi connectivity index (χ2n) is 6.63. The first-order valence-electron chi connectivity index (χ1n) is 8.58. The van der Waals surface area contributed by atoms with Gasteiger partial charge in [-0.25, -0.2) is 13.4 Å². The highest BCUT2D eigenvalue weighted by Gasteiger charge is 2.24. The predicted molar refractivity (Wildman–Crippen MR) is 105 cm³/mol. The maximum absolute atomic E-state index is 13.0. The lowest BCUT2D eigenvalue weighted by atomic mass is 9.90. The maximum Gasteiger partial charge on any atom is 0.258 e. The number of allylic oxidation sites excluding steroid dienone is 1. The molecule has 3 rings (SSSR count). The Bertz CT molecular complexity index is 908. The van der Waals surface area contributed by atoms with Crippen LogP contribution in [0.3, 0.4) is 0 Å². The van der Waals surface area contributed by atoms with Crippen molar-refractivity contribution in [3.63, 3.8) is 0 Å². The SMILES string of the molecule is C/C(=C(\C(=O)Nc1nccs1)c1ccc(S(C)(=O)=O)cc1)C1CCCC1. The zero-order chi connectivity index (χ0) is 18.7. The summed E-state index contributed by atoms with van der Waals surface area (Å²) < 4.78 is 23.4. The lowest BCUT2D eigenvalue weighted by Crippen LogP contribution is -2.17. The monoisotopic (exact) mass is 390 g/mol. The molecule has 138 valence electrons. The molecule has 7 heteroatoms. The minimum absolute atomic E-state index is 0.198. The van der Waals surface area contributed by atoms with Crippen molar-refractivity contribution < 1.29 is 13.2 Å². The number of amides is 1. The highest BCUT2D eigenvalue weighted by Crippen LogP contribution is 2.35. The summed E-state index contributed by atoms with van der Waals surface area (Å²) in [6.45, 7) is 2.01. The van der Waals surface area contributed by atoms with Crippen molar-refractivity contribution in [1.82, 2.24) is 4.98 Å². The van der Waals surface area contributed by atoms with Crippen molar-refractivity contribution in [3.05, 3.63) is 47.0 Å². The molecule has 1 N–H and O–H groups in total. The summed E-state index contributed by atoms with van der Waals surface area (Å²) in [5.41, 5.74) is 2.41. The van der Waals surface area contributed by atoms with E-state index in [4.69, 9.17) is 0 Å². The van der Waals surface area contributed by atoms with Gasteiger partial charge < -0.3 is 0 Å². The molecule has 1 saturated carbocycles. The zero-order valence-electron chi connectivity index (χ0n) is 14.9. The zero-order valence-corrected chi connectivity index (χ0v) is 16.5. The number of carbonyl (C=O) groups is 1. The average Bonchev–Trinajstić information content (AvgIpc) is 3.28. The van der Waals surface area contributed by atoms with Gasteiger partial charge in [-0.05, 0) is 43.4 Å². The first-order chi connectivity index (χ1) is 12.4. The Morgan fingerprint density at radius 1 is 1.19 bits per heavy atom. The Hall–Kier alpha value is -1.99. The van der Waals surface area contributed by atoms with Crippen LogP contribution in [0, 0.1) is 5.92 Å². The Labute approximate surface area is 158 Å². The molecular weight excluding hydrogens is 368 g/mol. The van der Waals surface area contributed by atoms with Crippen LogP contribution in [0.4, 0.5) is 5.13 Å². The van der Waals surface area contributed by atoms with Crippen LogP contribution in [0.5, 0.6) is 0 Å². The van der Waals surface area contributed by atoms with E-state index in [-0.39, 0.29) is 10.8 Å². The number of hydrogen-bond donors (Lipinski definition) is 1. The molecule has 1 fully saturated rings. The molecule has 0 spiro atoms. The highest BCUT2D eigenvalue weighted by molar-refractivity contribution is 7.90. The van der Waals surface area contributed by atoms with Gasteiger partial charge in [-0.3, -0.25) is 10.1 Å². The third kappa shape index (κ3) is 4.22. The fourth-order valence-electron chi connectivity index (χ4n) is 3.41. The Balaban J connectivity index is 1.99. The minimum atomic E-state index is -3.27. The molecule has 0 bridgehead atoms. The second-order valence-corrected chi connectivity index (χ2v) is 9.54. The van der Waals surface area contributed by atoms with E-state index >= 15 is 0 Å². The topological polar surface area (TPSA) is 76.1 Å². The summed E-state index contributed by atoms with van der Waals surface area (Å²) in [5.74, 6) is 0.193. The number of sulfone groups is 1. The summed E-state index contributed by atoms with van der Waals surface area (Å²) >= 11 is 1.37. The van der Waals surface area contributed by atoms with Crippen LogP contribution in [0.2, 0.25) is 0 Å². The molecule has 5 nitrogen and oxygen atoms in total. The predicted octanol–water partition coefficient (Wildman–Crippen LogP) is 4.15. The van der Waals surface area contributed by atoms with Crippen molar-refractivity contribution in [2.45, 2.75) is 37.5 Å². The van der Waals surface area contributed by atoms with Crippen molar-refractivity contribution in [3.8, 4) is 0 Å². The summed E-state index contributed by atoms with van der Waals surface area (Å²) in [6, 6.07) is 6.55. The van der Waals surface area contributed by atoms with Crippen LogP contribution in [0.15, 0.2) is 46.3 Å². The van der Waals surface area contributed by atoms with Crippen LogP contribution >= 0.6 is 11.3 Å². The third-order valence-corrected chi connectivity index (χ3v) is 6.63. The van der Waals surface area contributed by atoms with Crippen molar-refractivity contribution in [2.24, 2.45) is 5.92 Å². The Kier molecular flexibility index (Phi) is 5.58. The smallest absolute Gasteiger partial charge is 0.258 e. The van der Waals surface area contributed by atoms with Gasteiger partial charge in [-0.15, -0.1) is 11.3 Å². The van der Waals surface area contributed by atoms with Crippen molar-refractivity contribution in [2.75, 3.05) is 11.6 Å². The van der Waals surface area contributed by atoms with Gasteiger partial charge in [-0.1, -0.05) is 30.5 Å². The summed E-state index contributed by atoms with van der Waals surface area (Å²) in [6.07, 6.45) is 7.35. The maximum atomic E-state index is 13.0. The number of aromatic nitrogens is 1. The lowest BCUT2D eigenvalue weighted by Gasteiger charge is -2.17. The quantitative estimate of drug-likeness (QED) is 0.778. The van der Waals surface area contributed by atoms with E-state index in [0.29, 0.717) is 16.6 Å².